The molecule has 1 atom stereocenters. The third kappa shape index (κ3) is 5.05. The summed E-state index contributed by atoms with van der Waals surface area (Å²) in [4.78, 5) is 1.39. The molecule has 0 aliphatic carbocycles. The van der Waals surface area contributed by atoms with E-state index in [9.17, 15) is 0 Å². The molecule has 1 rings (SSSR count). The third-order valence-electron chi connectivity index (χ3n) is 3.00. The van der Waals surface area contributed by atoms with Gasteiger partial charge in [-0.1, -0.05) is 62.2 Å². The van der Waals surface area contributed by atoms with Gasteiger partial charge >= 0.3 is 0 Å². The first kappa shape index (κ1) is 15.1. The Morgan fingerprint density at radius 3 is 2.18 bits per heavy atom. The average molecular weight is 315 g/mol. The highest BCUT2D eigenvalue weighted by atomic mass is 79.9. The van der Waals surface area contributed by atoms with Crippen molar-refractivity contribution in [2.75, 3.05) is 11.1 Å². The van der Waals surface area contributed by atoms with Crippen LogP contribution in [0.5, 0.6) is 0 Å². The Labute approximate surface area is 119 Å². The maximum Gasteiger partial charge on any atom is 0.00722 e. The molecule has 17 heavy (non-hydrogen) atoms. The van der Waals surface area contributed by atoms with Gasteiger partial charge in [-0.05, 0) is 29.0 Å². The topological polar surface area (TPSA) is 0 Å². The second-order valence-corrected chi connectivity index (χ2v) is 7.25. The zero-order chi connectivity index (χ0) is 12.9. The van der Waals surface area contributed by atoms with E-state index in [0.717, 1.165) is 11.2 Å². The van der Waals surface area contributed by atoms with Crippen LogP contribution in [0.2, 0.25) is 0 Å². The van der Waals surface area contributed by atoms with Crippen LogP contribution in [-0.2, 0) is 5.41 Å². The van der Waals surface area contributed by atoms with E-state index in [1.165, 1.54) is 22.6 Å². The lowest BCUT2D eigenvalue weighted by Crippen LogP contribution is -2.10. The number of benzene rings is 1. The summed E-state index contributed by atoms with van der Waals surface area (Å²) in [6, 6.07) is 9.03. The van der Waals surface area contributed by atoms with E-state index in [0.29, 0.717) is 0 Å². The Morgan fingerprint density at radius 2 is 1.76 bits per heavy atom. The van der Waals surface area contributed by atoms with Crippen molar-refractivity contribution in [1.29, 1.82) is 0 Å². The van der Waals surface area contributed by atoms with Gasteiger partial charge in [0.05, 0.1) is 0 Å². The quantitative estimate of drug-likeness (QED) is 0.511. The van der Waals surface area contributed by atoms with Crippen LogP contribution in [0.4, 0.5) is 0 Å². The number of hydrogen-bond donors (Lipinski definition) is 0. The zero-order valence-corrected chi connectivity index (χ0v) is 13.7. The molecule has 1 unspecified atom stereocenters. The van der Waals surface area contributed by atoms with E-state index in [-0.39, 0.29) is 5.41 Å². The summed E-state index contributed by atoms with van der Waals surface area (Å²) in [5.74, 6) is 1.98. The van der Waals surface area contributed by atoms with Gasteiger partial charge in [0.15, 0.2) is 0 Å². The number of alkyl halides is 1. The van der Waals surface area contributed by atoms with Crippen molar-refractivity contribution in [3.8, 4) is 0 Å². The summed E-state index contributed by atoms with van der Waals surface area (Å²) in [7, 11) is 0. The van der Waals surface area contributed by atoms with Crippen molar-refractivity contribution in [3.63, 3.8) is 0 Å². The third-order valence-corrected chi connectivity index (χ3v) is 5.16. The maximum atomic E-state index is 3.57. The van der Waals surface area contributed by atoms with Crippen LogP contribution in [0.3, 0.4) is 0 Å². The van der Waals surface area contributed by atoms with Crippen molar-refractivity contribution >= 4 is 27.7 Å². The fourth-order valence-electron chi connectivity index (χ4n) is 1.54. The van der Waals surface area contributed by atoms with E-state index in [4.69, 9.17) is 0 Å². The van der Waals surface area contributed by atoms with Gasteiger partial charge < -0.3 is 0 Å². The standard InChI is InChI=1S/C15H23BrS/c1-5-12(10-16)11-17-14-8-6-13(7-9-14)15(2,3)4/h6-9,12H,5,10-11H2,1-4H3. The van der Waals surface area contributed by atoms with E-state index in [2.05, 4.69) is 67.9 Å². The monoisotopic (exact) mass is 314 g/mol. The molecule has 0 N–H and O–H groups in total. The zero-order valence-electron chi connectivity index (χ0n) is 11.3. The van der Waals surface area contributed by atoms with Crippen molar-refractivity contribution < 1.29 is 0 Å². The molecule has 1 aromatic carbocycles. The fourth-order valence-corrected chi connectivity index (χ4v) is 3.64. The van der Waals surface area contributed by atoms with Gasteiger partial charge in [0.25, 0.3) is 0 Å². The predicted octanol–water partition coefficient (Wildman–Crippen LogP) is 5.50. The Kier molecular flexibility index (Phi) is 6.08. The van der Waals surface area contributed by atoms with Gasteiger partial charge in [-0.3, -0.25) is 0 Å². The summed E-state index contributed by atoms with van der Waals surface area (Å²) in [6.07, 6.45) is 1.25. The number of rotatable bonds is 5. The predicted molar refractivity (Wildman–Crippen MR) is 83.4 cm³/mol. The minimum Gasteiger partial charge on any atom is -0.126 e. The molecule has 1 aromatic rings. The molecular formula is C15H23BrS. The molecule has 0 amide bonds. The highest BCUT2D eigenvalue weighted by Gasteiger charge is 2.13. The van der Waals surface area contributed by atoms with E-state index in [1.807, 2.05) is 11.8 Å². The van der Waals surface area contributed by atoms with Crippen molar-refractivity contribution in [2.24, 2.45) is 5.92 Å². The summed E-state index contributed by atoms with van der Waals surface area (Å²) in [5, 5.41) is 1.11. The second-order valence-electron chi connectivity index (χ2n) is 5.51. The van der Waals surface area contributed by atoms with Crippen molar-refractivity contribution in [1.82, 2.24) is 0 Å². The Morgan fingerprint density at radius 1 is 1.18 bits per heavy atom. The van der Waals surface area contributed by atoms with Gasteiger partial charge in [-0.2, -0.15) is 0 Å². The smallest absolute Gasteiger partial charge is 0.00722 e. The van der Waals surface area contributed by atoms with Gasteiger partial charge in [-0.15, -0.1) is 11.8 Å². The SMILES string of the molecule is CCC(CBr)CSc1ccc(C(C)(C)C)cc1. The maximum absolute atomic E-state index is 3.57. The summed E-state index contributed by atoms with van der Waals surface area (Å²) in [6.45, 7) is 9.03. The normalized spacial score (nSPS) is 13.7. The van der Waals surface area contributed by atoms with Crippen LogP contribution in [-0.4, -0.2) is 11.1 Å². The summed E-state index contributed by atoms with van der Waals surface area (Å²) in [5.41, 5.74) is 1.67. The van der Waals surface area contributed by atoms with Crippen LogP contribution < -0.4 is 0 Å². The van der Waals surface area contributed by atoms with E-state index >= 15 is 0 Å². The molecule has 0 fully saturated rings. The molecule has 96 valence electrons. The van der Waals surface area contributed by atoms with Crippen LogP contribution in [0.15, 0.2) is 29.2 Å². The minimum absolute atomic E-state index is 0.255. The fraction of sp³-hybridized carbons (Fsp3) is 0.600. The van der Waals surface area contributed by atoms with Gasteiger partial charge in [-0.25, -0.2) is 0 Å². The molecule has 2 heteroatoms. The van der Waals surface area contributed by atoms with E-state index < -0.39 is 0 Å². The molecule has 0 bridgehead atoms. The molecule has 0 nitrogen and oxygen atoms in total. The first-order chi connectivity index (χ1) is 7.97. The average Bonchev–Trinajstić information content (AvgIpc) is 2.30. The molecule has 0 aliphatic rings. The lowest BCUT2D eigenvalue weighted by molar-refractivity contribution is 0.589. The van der Waals surface area contributed by atoms with Gasteiger partial charge in [0.2, 0.25) is 0 Å². The molecule has 0 aromatic heterocycles. The minimum atomic E-state index is 0.255. The van der Waals surface area contributed by atoms with Gasteiger partial charge in [0, 0.05) is 16.0 Å². The largest absolute Gasteiger partial charge is 0.126 e. The Hall–Kier alpha value is 0.0500. The molecule has 0 spiro atoms. The Bertz CT molecular complexity index is 320. The number of halogens is 1. The number of hydrogen-bond acceptors (Lipinski definition) is 1. The van der Waals surface area contributed by atoms with Crippen LogP contribution in [0.25, 0.3) is 0 Å². The van der Waals surface area contributed by atoms with Crippen molar-refractivity contribution in [2.45, 2.75) is 44.4 Å². The number of thioether (sulfide) groups is 1. The van der Waals surface area contributed by atoms with E-state index in [1.54, 1.807) is 0 Å². The summed E-state index contributed by atoms with van der Waals surface area (Å²) >= 11 is 5.54. The molecule has 0 heterocycles. The lowest BCUT2D eigenvalue weighted by Gasteiger charge is -2.19. The highest BCUT2D eigenvalue weighted by molar-refractivity contribution is 9.09. The van der Waals surface area contributed by atoms with Crippen molar-refractivity contribution in [3.05, 3.63) is 29.8 Å². The molecule has 0 radical (unpaired) electrons. The first-order valence-corrected chi connectivity index (χ1v) is 8.37. The second kappa shape index (κ2) is 6.84. The molecular weight excluding hydrogens is 292 g/mol. The summed E-state index contributed by atoms with van der Waals surface area (Å²) < 4.78 is 0. The Balaban J connectivity index is 2.57. The first-order valence-electron chi connectivity index (χ1n) is 6.26. The van der Waals surface area contributed by atoms with Gasteiger partial charge in [0.1, 0.15) is 0 Å². The molecule has 0 aliphatic heterocycles. The highest BCUT2D eigenvalue weighted by Crippen LogP contribution is 2.27. The van der Waals surface area contributed by atoms with Crippen LogP contribution >= 0.6 is 27.7 Å². The van der Waals surface area contributed by atoms with Crippen LogP contribution in [0.1, 0.15) is 39.7 Å². The molecule has 0 saturated carbocycles. The molecule has 0 saturated heterocycles. The van der Waals surface area contributed by atoms with Crippen LogP contribution in [0, 0.1) is 5.92 Å². The lowest BCUT2D eigenvalue weighted by atomic mass is 9.87.